The van der Waals surface area contributed by atoms with E-state index in [1.165, 1.54) is 11.4 Å². The number of nitrogens with zero attached hydrogens (tertiary/aromatic N) is 2. The molecule has 0 saturated heterocycles. The van der Waals surface area contributed by atoms with Crippen molar-refractivity contribution in [3.05, 3.63) is 47.8 Å². The second-order valence-corrected chi connectivity index (χ2v) is 5.80. The molecule has 1 aromatic heterocycles. The van der Waals surface area contributed by atoms with Crippen LogP contribution in [0.15, 0.2) is 36.4 Å². The smallest absolute Gasteiger partial charge is 0.322 e. The van der Waals surface area contributed by atoms with Gasteiger partial charge in [-0.15, -0.1) is 0 Å². The lowest BCUT2D eigenvalue weighted by Gasteiger charge is -2.37. The van der Waals surface area contributed by atoms with Gasteiger partial charge in [-0.1, -0.05) is 19.1 Å². The lowest BCUT2D eigenvalue weighted by Crippen LogP contribution is -2.44. The summed E-state index contributed by atoms with van der Waals surface area (Å²) in [7, 11) is 1.61. The van der Waals surface area contributed by atoms with Gasteiger partial charge in [-0.05, 0) is 37.6 Å². The average molecular weight is 313 g/mol. The van der Waals surface area contributed by atoms with Crippen LogP contribution < -0.4 is 10.1 Å². The van der Waals surface area contributed by atoms with E-state index in [-0.39, 0.29) is 12.1 Å². The highest BCUT2D eigenvalue weighted by Crippen LogP contribution is 2.31. The highest BCUT2D eigenvalue weighted by atomic mass is 16.5. The van der Waals surface area contributed by atoms with Gasteiger partial charge < -0.3 is 19.5 Å². The fraction of sp³-hybridized carbons (Fsp3) is 0.389. The molecule has 0 bridgehead atoms. The van der Waals surface area contributed by atoms with E-state index in [0.717, 1.165) is 13.0 Å². The topological polar surface area (TPSA) is 46.5 Å². The monoisotopic (exact) mass is 313 g/mol. The summed E-state index contributed by atoms with van der Waals surface area (Å²) in [5, 5.41) is 2.99. The van der Waals surface area contributed by atoms with Crippen LogP contribution in [0.25, 0.3) is 0 Å². The van der Waals surface area contributed by atoms with Crippen molar-refractivity contribution in [3.63, 3.8) is 0 Å². The van der Waals surface area contributed by atoms with Crippen LogP contribution in [0.4, 0.5) is 10.5 Å². The minimum Gasteiger partial charge on any atom is -0.495 e. The number of rotatable bonds is 3. The Morgan fingerprint density at radius 1 is 1.26 bits per heavy atom. The van der Waals surface area contributed by atoms with E-state index in [4.69, 9.17) is 4.74 Å². The van der Waals surface area contributed by atoms with Crippen LogP contribution in [0.1, 0.15) is 30.8 Å². The van der Waals surface area contributed by atoms with E-state index in [2.05, 4.69) is 35.9 Å². The number of carbonyl (C=O) groups excluding carboxylic acids is 1. The molecule has 0 unspecified atom stereocenters. The van der Waals surface area contributed by atoms with E-state index < -0.39 is 0 Å². The van der Waals surface area contributed by atoms with Gasteiger partial charge in [-0.25, -0.2) is 4.79 Å². The quantitative estimate of drug-likeness (QED) is 0.936. The van der Waals surface area contributed by atoms with Gasteiger partial charge in [-0.3, -0.25) is 0 Å². The van der Waals surface area contributed by atoms with Gasteiger partial charge in [0.25, 0.3) is 0 Å². The lowest BCUT2D eigenvalue weighted by atomic mass is 10.1. The molecule has 0 spiro atoms. The summed E-state index contributed by atoms with van der Waals surface area (Å²) >= 11 is 0. The zero-order chi connectivity index (χ0) is 16.4. The summed E-state index contributed by atoms with van der Waals surface area (Å²) in [6.45, 7) is 5.78. The van der Waals surface area contributed by atoms with Gasteiger partial charge in [-0.2, -0.15) is 0 Å². The number of amides is 2. The van der Waals surface area contributed by atoms with Crippen LogP contribution in [0.3, 0.4) is 0 Å². The first-order chi connectivity index (χ1) is 11.2. The fourth-order valence-corrected chi connectivity index (χ4v) is 3.32. The van der Waals surface area contributed by atoms with Crippen molar-refractivity contribution >= 4 is 11.7 Å². The zero-order valence-corrected chi connectivity index (χ0v) is 13.9. The van der Waals surface area contributed by atoms with E-state index in [0.29, 0.717) is 18.0 Å². The molecule has 5 nitrogen and oxygen atoms in total. The number of hydrogen-bond acceptors (Lipinski definition) is 2. The molecule has 1 aromatic carbocycles. The fourth-order valence-electron chi connectivity index (χ4n) is 3.32. The third-order valence-electron chi connectivity index (χ3n) is 4.51. The average Bonchev–Trinajstić information content (AvgIpc) is 2.95. The number of methoxy groups -OCH3 is 1. The third-order valence-corrected chi connectivity index (χ3v) is 4.51. The molecule has 2 aromatic rings. The highest BCUT2D eigenvalue weighted by molar-refractivity contribution is 5.91. The van der Waals surface area contributed by atoms with E-state index in [9.17, 15) is 4.79 Å². The molecule has 1 aliphatic heterocycles. The molecule has 0 aliphatic carbocycles. The van der Waals surface area contributed by atoms with Crippen molar-refractivity contribution in [2.45, 2.75) is 32.9 Å². The van der Waals surface area contributed by atoms with Crippen molar-refractivity contribution in [1.82, 2.24) is 9.47 Å². The summed E-state index contributed by atoms with van der Waals surface area (Å²) in [6, 6.07) is 11.8. The molecule has 0 radical (unpaired) electrons. The number of urea groups is 1. The van der Waals surface area contributed by atoms with Gasteiger partial charge in [0.2, 0.25) is 0 Å². The predicted molar refractivity (Wildman–Crippen MR) is 90.9 cm³/mol. The summed E-state index contributed by atoms with van der Waals surface area (Å²) in [5.74, 6) is 0.671. The molecule has 0 fully saturated rings. The Bertz CT molecular complexity index is 708. The molecule has 23 heavy (non-hydrogen) atoms. The number of carbonyl (C=O) groups is 1. The van der Waals surface area contributed by atoms with Crippen LogP contribution in [-0.4, -0.2) is 29.2 Å². The number of para-hydroxylation sites is 2. The molecule has 2 heterocycles. The number of anilines is 1. The Kier molecular flexibility index (Phi) is 4.28. The standard InChI is InChI=1S/C18H23N3O2/c1-4-15-16-10-9-13(2)20(16)11-12-21(15)18(22)19-14-7-5-6-8-17(14)23-3/h5-10,15H,4,11-12H2,1-3H3,(H,19,22)/t15-/m1/s1. The zero-order valence-electron chi connectivity index (χ0n) is 13.9. The number of fused-ring (bicyclic) bond motifs is 1. The lowest BCUT2D eigenvalue weighted by molar-refractivity contribution is 0.165. The molecular weight excluding hydrogens is 290 g/mol. The molecule has 0 saturated carbocycles. The largest absolute Gasteiger partial charge is 0.495 e. The van der Waals surface area contributed by atoms with Crippen molar-refractivity contribution in [2.75, 3.05) is 19.0 Å². The number of benzene rings is 1. The molecule has 3 rings (SSSR count). The molecule has 5 heteroatoms. The van der Waals surface area contributed by atoms with Crippen molar-refractivity contribution in [2.24, 2.45) is 0 Å². The van der Waals surface area contributed by atoms with Crippen molar-refractivity contribution < 1.29 is 9.53 Å². The number of nitrogens with one attached hydrogen (secondary N) is 1. The summed E-state index contributed by atoms with van der Waals surface area (Å²) < 4.78 is 7.62. The number of ether oxygens (including phenoxy) is 1. The summed E-state index contributed by atoms with van der Waals surface area (Å²) in [6.07, 6.45) is 0.892. The number of aryl methyl sites for hydroxylation is 1. The maximum Gasteiger partial charge on any atom is 0.322 e. The van der Waals surface area contributed by atoms with E-state index in [1.54, 1.807) is 7.11 Å². The Morgan fingerprint density at radius 2 is 2.04 bits per heavy atom. The second kappa shape index (κ2) is 6.36. The molecule has 1 N–H and O–H groups in total. The van der Waals surface area contributed by atoms with E-state index >= 15 is 0 Å². The first-order valence-corrected chi connectivity index (χ1v) is 8.02. The molecule has 1 atom stereocenters. The van der Waals surface area contributed by atoms with Crippen LogP contribution in [-0.2, 0) is 6.54 Å². The van der Waals surface area contributed by atoms with Crippen LogP contribution in [0.2, 0.25) is 0 Å². The second-order valence-electron chi connectivity index (χ2n) is 5.80. The summed E-state index contributed by atoms with van der Waals surface area (Å²) in [5.41, 5.74) is 3.17. The van der Waals surface area contributed by atoms with Gasteiger partial charge >= 0.3 is 6.03 Å². The van der Waals surface area contributed by atoms with Gasteiger partial charge in [0.1, 0.15) is 5.75 Å². The van der Waals surface area contributed by atoms with Crippen LogP contribution in [0.5, 0.6) is 5.75 Å². The van der Waals surface area contributed by atoms with Crippen LogP contribution >= 0.6 is 0 Å². The first-order valence-electron chi connectivity index (χ1n) is 8.02. The number of hydrogen-bond donors (Lipinski definition) is 1. The minimum atomic E-state index is -0.0774. The molecule has 2 amide bonds. The molecular formula is C18H23N3O2. The first kappa shape index (κ1) is 15.5. The maximum atomic E-state index is 12.8. The van der Waals surface area contributed by atoms with Gasteiger partial charge in [0, 0.05) is 24.5 Å². The predicted octanol–water partition coefficient (Wildman–Crippen LogP) is 3.80. The van der Waals surface area contributed by atoms with E-state index in [1.807, 2.05) is 29.2 Å². The van der Waals surface area contributed by atoms with Gasteiger partial charge in [0.05, 0.1) is 18.8 Å². The molecule has 122 valence electrons. The van der Waals surface area contributed by atoms with Crippen molar-refractivity contribution in [3.8, 4) is 5.75 Å². The Labute approximate surface area is 136 Å². The van der Waals surface area contributed by atoms with Crippen molar-refractivity contribution in [1.29, 1.82) is 0 Å². The summed E-state index contributed by atoms with van der Waals surface area (Å²) in [4.78, 5) is 14.7. The Morgan fingerprint density at radius 3 is 2.78 bits per heavy atom. The number of aromatic nitrogens is 1. The van der Waals surface area contributed by atoms with Gasteiger partial charge in [0.15, 0.2) is 0 Å². The SMILES string of the molecule is CC[C@@H]1c2ccc(C)n2CCN1C(=O)Nc1ccccc1OC. The minimum absolute atomic E-state index is 0.0774. The normalized spacial score (nSPS) is 16.8. The maximum absolute atomic E-state index is 12.8. The third kappa shape index (κ3) is 2.79. The van der Waals surface area contributed by atoms with Crippen LogP contribution in [0, 0.1) is 6.92 Å². The Balaban J connectivity index is 1.82. The Hall–Kier alpha value is -2.43. The molecule has 1 aliphatic rings. The highest BCUT2D eigenvalue weighted by Gasteiger charge is 2.30.